The number of carboxylic acids is 1. The van der Waals surface area contributed by atoms with Gasteiger partial charge >= 0.3 is 5.97 Å². The fraction of sp³-hybridized carbons (Fsp3) is 0.464. The standard InChI is InChI=1S/C28H39N7O5S/c1-4-16(2)24(28(39)40)35-27(38)23(11-17-13-31-21-8-6-5-7-19(17)21)34-26(37)22(9-10-41-3)33-25(36)20(29)12-18-14-30-15-32-18/h5-8,13-16,20,22-24,31H,4,9-12,29H2,1-3H3,(H,30,32)(H,33,36)(H,34,37)(H,35,38)(H,39,40). The number of aliphatic carboxylic acids is 1. The summed E-state index contributed by atoms with van der Waals surface area (Å²) >= 11 is 1.51. The second kappa shape index (κ2) is 15.2. The number of carboxylic acid groups (broad SMARTS) is 1. The number of nitrogens with one attached hydrogen (secondary N) is 5. The van der Waals surface area contributed by atoms with Gasteiger partial charge in [-0.05, 0) is 36.0 Å². The van der Waals surface area contributed by atoms with E-state index in [0.717, 1.165) is 16.5 Å². The quantitative estimate of drug-likeness (QED) is 0.131. The van der Waals surface area contributed by atoms with Crippen molar-refractivity contribution in [3.05, 3.63) is 54.2 Å². The number of carbonyl (C=O) groups excluding carboxylic acids is 3. The Labute approximate surface area is 243 Å². The number of carbonyl (C=O) groups is 4. The molecular weight excluding hydrogens is 546 g/mol. The third-order valence-corrected chi connectivity index (χ3v) is 7.73. The highest BCUT2D eigenvalue weighted by atomic mass is 32.2. The molecule has 0 aliphatic rings. The first kappa shape index (κ1) is 31.7. The lowest BCUT2D eigenvalue weighted by molar-refractivity contribution is -0.143. The van der Waals surface area contributed by atoms with Gasteiger partial charge in [0.05, 0.1) is 12.4 Å². The molecule has 0 spiro atoms. The number of hydrogen-bond donors (Lipinski definition) is 7. The lowest BCUT2D eigenvalue weighted by Crippen LogP contribution is -2.58. The maximum atomic E-state index is 13.5. The summed E-state index contributed by atoms with van der Waals surface area (Å²) in [5.74, 6) is -2.60. The van der Waals surface area contributed by atoms with E-state index >= 15 is 0 Å². The van der Waals surface area contributed by atoms with Crippen molar-refractivity contribution >= 4 is 46.4 Å². The summed E-state index contributed by atoms with van der Waals surface area (Å²) < 4.78 is 0. The molecule has 0 fully saturated rings. The van der Waals surface area contributed by atoms with E-state index in [2.05, 4.69) is 30.9 Å². The average Bonchev–Trinajstić information content (AvgIpc) is 3.62. The number of hydrogen-bond acceptors (Lipinski definition) is 7. The number of H-pyrrole nitrogens is 2. The van der Waals surface area contributed by atoms with E-state index in [4.69, 9.17) is 5.73 Å². The van der Waals surface area contributed by atoms with Gasteiger partial charge in [0.1, 0.15) is 18.1 Å². The van der Waals surface area contributed by atoms with Crippen LogP contribution in [0.5, 0.6) is 0 Å². The molecule has 2 heterocycles. The maximum absolute atomic E-state index is 13.5. The number of aromatic amines is 2. The number of fused-ring (bicyclic) bond motifs is 1. The molecule has 13 heteroatoms. The minimum atomic E-state index is -1.15. The molecule has 0 saturated carbocycles. The molecule has 3 aromatic rings. The Bertz CT molecular complexity index is 1310. The first-order valence-electron chi connectivity index (χ1n) is 13.5. The smallest absolute Gasteiger partial charge is 0.326 e. The molecule has 0 saturated heterocycles. The van der Waals surface area contributed by atoms with Crippen LogP contribution in [0.15, 0.2) is 43.0 Å². The number of nitrogens with zero attached hydrogens (tertiary/aromatic N) is 1. The van der Waals surface area contributed by atoms with Crippen LogP contribution in [0.1, 0.15) is 37.9 Å². The monoisotopic (exact) mass is 585 g/mol. The highest BCUT2D eigenvalue weighted by Gasteiger charge is 2.32. The molecule has 41 heavy (non-hydrogen) atoms. The number of nitrogens with two attached hydrogens (primary N) is 1. The van der Waals surface area contributed by atoms with Crippen molar-refractivity contribution in [1.29, 1.82) is 0 Å². The van der Waals surface area contributed by atoms with E-state index in [1.807, 2.05) is 37.4 Å². The number of thioether (sulfide) groups is 1. The fourth-order valence-electron chi connectivity index (χ4n) is 4.45. The Morgan fingerprint density at radius 3 is 2.39 bits per heavy atom. The summed E-state index contributed by atoms with van der Waals surface area (Å²) in [5.41, 5.74) is 8.41. The van der Waals surface area contributed by atoms with Crippen molar-refractivity contribution in [2.75, 3.05) is 12.0 Å². The number of rotatable bonds is 16. The maximum Gasteiger partial charge on any atom is 0.326 e. The second-order valence-corrected chi connectivity index (χ2v) is 11.1. The van der Waals surface area contributed by atoms with Crippen LogP contribution in [0.3, 0.4) is 0 Å². The first-order valence-corrected chi connectivity index (χ1v) is 14.9. The predicted octanol–water partition coefficient (Wildman–Crippen LogP) is 1.34. The summed E-state index contributed by atoms with van der Waals surface area (Å²) in [6, 6.07) is 3.46. The van der Waals surface area contributed by atoms with Gasteiger partial charge in [-0.25, -0.2) is 9.78 Å². The van der Waals surface area contributed by atoms with E-state index in [9.17, 15) is 24.3 Å². The largest absolute Gasteiger partial charge is 0.480 e. The molecule has 5 unspecified atom stereocenters. The Kier molecular flexibility index (Phi) is 11.8. The van der Waals surface area contributed by atoms with Crippen LogP contribution in [0.4, 0.5) is 0 Å². The summed E-state index contributed by atoms with van der Waals surface area (Å²) in [4.78, 5) is 61.8. The lowest BCUT2D eigenvalue weighted by Gasteiger charge is -2.26. The third kappa shape index (κ3) is 8.82. The normalized spacial score (nSPS) is 14.9. The fourth-order valence-corrected chi connectivity index (χ4v) is 4.92. The van der Waals surface area contributed by atoms with Crippen molar-refractivity contribution in [3.63, 3.8) is 0 Å². The van der Waals surface area contributed by atoms with Crippen molar-refractivity contribution in [2.45, 2.75) is 63.7 Å². The zero-order chi connectivity index (χ0) is 29.9. The van der Waals surface area contributed by atoms with Gasteiger partial charge in [-0.2, -0.15) is 11.8 Å². The minimum absolute atomic E-state index is 0.108. The van der Waals surface area contributed by atoms with Gasteiger partial charge in [0.25, 0.3) is 0 Å². The van der Waals surface area contributed by atoms with Crippen molar-refractivity contribution in [2.24, 2.45) is 11.7 Å². The van der Waals surface area contributed by atoms with Gasteiger partial charge < -0.3 is 36.8 Å². The second-order valence-electron chi connectivity index (χ2n) is 10.1. The number of benzene rings is 1. The zero-order valence-electron chi connectivity index (χ0n) is 23.5. The van der Waals surface area contributed by atoms with Gasteiger partial charge in [0, 0.05) is 41.8 Å². The molecule has 8 N–H and O–H groups in total. The molecule has 0 bridgehead atoms. The summed E-state index contributed by atoms with van der Waals surface area (Å²) in [5, 5.41) is 18.7. The third-order valence-electron chi connectivity index (χ3n) is 7.08. The molecule has 3 amide bonds. The van der Waals surface area contributed by atoms with Gasteiger partial charge in [-0.15, -0.1) is 0 Å². The van der Waals surface area contributed by atoms with Gasteiger partial charge in [-0.3, -0.25) is 14.4 Å². The van der Waals surface area contributed by atoms with Gasteiger partial charge in [-0.1, -0.05) is 38.5 Å². The first-order chi connectivity index (χ1) is 19.6. The average molecular weight is 586 g/mol. The van der Waals surface area contributed by atoms with Crippen molar-refractivity contribution in [3.8, 4) is 0 Å². The predicted molar refractivity (Wildman–Crippen MR) is 158 cm³/mol. The van der Waals surface area contributed by atoms with Crippen LogP contribution in [0.2, 0.25) is 0 Å². The molecule has 222 valence electrons. The lowest BCUT2D eigenvalue weighted by atomic mass is 9.98. The topological polar surface area (TPSA) is 195 Å². The number of aromatic nitrogens is 3. The molecule has 12 nitrogen and oxygen atoms in total. The van der Waals surface area contributed by atoms with Crippen LogP contribution in [0.25, 0.3) is 10.9 Å². The highest BCUT2D eigenvalue weighted by molar-refractivity contribution is 7.98. The molecule has 2 aromatic heterocycles. The Morgan fingerprint density at radius 2 is 1.73 bits per heavy atom. The van der Waals surface area contributed by atoms with E-state index in [1.165, 1.54) is 18.1 Å². The van der Waals surface area contributed by atoms with Crippen LogP contribution < -0.4 is 21.7 Å². The Morgan fingerprint density at radius 1 is 1.02 bits per heavy atom. The Hall–Kier alpha value is -3.84. The van der Waals surface area contributed by atoms with E-state index in [0.29, 0.717) is 24.3 Å². The van der Waals surface area contributed by atoms with Crippen molar-refractivity contribution < 1.29 is 24.3 Å². The Balaban J connectivity index is 1.82. The molecule has 3 rings (SSSR count). The highest BCUT2D eigenvalue weighted by Crippen LogP contribution is 2.20. The number of amides is 3. The van der Waals surface area contributed by atoms with Crippen molar-refractivity contribution in [1.82, 2.24) is 30.9 Å². The van der Waals surface area contributed by atoms with Crippen LogP contribution in [0, 0.1) is 5.92 Å². The molecule has 0 aliphatic heterocycles. The van der Waals surface area contributed by atoms with Gasteiger partial charge in [0.15, 0.2) is 0 Å². The number of para-hydroxylation sites is 1. The molecular formula is C28H39N7O5S. The van der Waals surface area contributed by atoms with Crippen LogP contribution >= 0.6 is 11.8 Å². The number of imidazole rings is 1. The summed E-state index contributed by atoms with van der Waals surface area (Å²) in [6.07, 6.45) is 7.88. The van der Waals surface area contributed by atoms with E-state index < -0.39 is 47.9 Å². The van der Waals surface area contributed by atoms with Crippen LogP contribution in [-0.2, 0) is 32.0 Å². The van der Waals surface area contributed by atoms with E-state index in [-0.39, 0.29) is 18.8 Å². The molecule has 0 aliphatic carbocycles. The molecule has 0 radical (unpaired) electrons. The van der Waals surface area contributed by atoms with Gasteiger partial charge in [0.2, 0.25) is 17.7 Å². The molecule has 5 atom stereocenters. The van der Waals surface area contributed by atoms with E-state index in [1.54, 1.807) is 19.3 Å². The van der Waals surface area contributed by atoms with Crippen LogP contribution in [-0.4, -0.2) is 79.9 Å². The summed E-state index contributed by atoms with van der Waals surface area (Å²) in [6.45, 7) is 3.58. The minimum Gasteiger partial charge on any atom is -0.480 e. The summed E-state index contributed by atoms with van der Waals surface area (Å²) in [7, 11) is 0. The zero-order valence-corrected chi connectivity index (χ0v) is 24.3. The SMILES string of the molecule is CCC(C)C(NC(=O)C(Cc1c[nH]c2ccccc12)NC(=O)C(CCSC)NC(=O)C(N)Cc1cnc[nH]1)C(=O)O. The molecule has 1 aromatic carbocycles.